The molecule has 2 aliphatic rings. The zero-order valence-electron chi connectivity index (χ0n) is 12.6. The largest absolute Gasteiger partial charge is 0.378 e. The Balaban J connectivity index is 2.13. The summed E-state index contributed by atoms with van der Waals surface area (Å²) in [7, 11) is 4.12. The van der Waals surface area contributed by atoms with Gasteiger partial charge in [0.1, 0.15) is 0 Å². The lowest BCUT2D eigenvalue weighted by Crippen LogP contribution is -2.43. The number of carbonyl (C=O) groups is 1. The lowest BCUT2D eigenvalue weighted by Gasteiger charge is -2.41. The summed E-state index contributed by atoms with van der Waals surface area (Å²) in [5.74, 6) is 0.143. The first-order valence-corrected chi connectivity index (χ1v) is 7.34. The number of nitrogens with zero attached hydrogens (tertiary/aromatic N) is 2. The van der Waals surface area contributed by atoms with Crippen molar-refractivity contribution in [1.82, 2.24) is 5.32 Å². The number of hydrogen-bond acceptors (Lipinski definition) is 3. The SMILES string of the molecule is CC(=O)N1CCC2(CCNC2)c2cc(N(C)C)ccc21. The Morgan fingerprint density at radius 3 is 2.75 bits per heavy atom. The van der Waals surface area contributed by atoms with Gasteiger partial charge in [0, 0.05) is 50.9 Å². The molecule has 0 radical (unpaired) electrons. The number of carbonyl (C=O) groups excluding carboxylic acids is 1. The molecule has 4 heteroatoms. The van der Waals surface area contributed by atoms with Crippen LogP contribution in [0.5, 0.6) is 0 Å². The van der Waals surface area contributed by atoms with E-state index in [2.05, 4.69) is 42.5 Å². The molecule has 0 saturated carbocycles. The summed E-state index contributed by atoms with van der Waals surface area (Å²) in [4.78, 5) is 15.9. The molecule has 4 nitrogen and oxygen atoms in total. The summed E-state index contributed by atoms with van der Waals surface area (Å²) in [6, 6.07) is 6.50. The average Bonchev–Trinajstić information content (AvgIpc) is 2.88. The zero-order chi connectivity index (χ0) is 14.3. The second-order valence-corrected chi connectivity index (χ2v) is 6.22. The van der Waals surface area contributed by atoms with Gasteiger partial charge in [-0.1, -0.05) is 0 Å². The van der Waals surface area contributed by atoms with Gasteiger partial charge in [0.2, 0.25) is 5.91 Å². The number of amides is 1. The molecule has 1 aromatic carbocycles. The number of benzene rings is 1. The van der Waals surface area contributed by atoms with Crippen LogP contribution in [-0.2, 0) is 10.2 Å². The molecule has 3 rings (SSSR count). The first kappa shape index (κ1) is 13.4. The van der Waals surface area contributed by atoms with Gasteiger partial charge in [-0.2, -0.15) is 0 Å². The Kier molecular flexibility index (Phi) is 3.21. The summed E-state index contributed by atoms with van der Waals surface area (Å²) in [6.45, 7) is 4.61. The van der Waals surface area contributed by atoms with Crippen molar-refractivity contribution < 1.29 is 4.79 Å². The van der Waals surface area contributed by atoms with Crippen LogP contribution in [0.1, 0.15) is 25.3 Å². The summed E-state index contributed by atoms with van der Waals surface area (Å²) in [5.41, 5.74) is 3.88. The predicted molar refractivity (Wildman–Crippen MR) is 82.6 cm³/mol. The molecule has 1 spiro atoms. The molecule has 2 heterocycles. The monoisotopic (exact) mass is 273 g/mol. The molecule has 1 saturated heterocycles. The van der Waals surface area contributed by atoms with Crippen molar-refractivity contribution in [3.05, 3.63) is 23.8 Å². The third kappa shape index (κ3) is 1.99. The molecule has 2 aliphatic heterocycles. The normalized spacial score (nSPS) is 24.9. The van der Waals surface area contributed by atoms with E-state index in [9.17, 15) is 4.79 Å². The van der Waals surface area contributed by atoms with Gasteiger partial charge in [-0.15, -0.1) is 0 Å². The molecule has 0 bridgehead atoms. The van der Waals surface area contributed by atoms with Crippen LogP contribution >= 0.6 is 0 Å². The van der Waals surface area contributed by atoms with Crippen LogP contribution in [-0.4, -0.2) is 39.6 Å². The molecule has 108 valence electrons. The third-order valence-corrected chi connectivity index (χ3v) is 4.80. The average molecular weight is 273 g/mol. The maximum atomic E-state index is 11.9. The number of hydrogen-bond donors (Lipinski definition) is 1. The quantitative estimate of drug-likeness (QED) is 0.846. The number of rotatable bonds is 1. The highest BCUT2D eigenvalue weighted by Gasteiger charge is 2.42. The van der Waals surface area contributed by atoms with E-state index in [1.807, 2.05) is 4.90 Å². The van der Waals surface area contributed by atoms with E-state index in [1.165, 1.54) is 17.7 Å². The van der Waals surface area contributed by atoms with Gasteiger partial charge in [-0.25, -0.2) is 0 Å². The van der Waals surface area contributed by atoms with Crippen molar-refractivity contribution >= 4 is 17.3 Å². The first-order valence-electron chi connectivity index (χ1n) is 7.34. The van der Waals surface area contributed by atoms with Crippen molar-refractivity contribution in [1.29, 1.82) is 0 Å². The van der Waals surface area contributed by atoms with Gasteiger partial charge < -0.3 is 15.1 Å². The zero-order valence-corrected chi connectivity index (χ0v) is 12.6. The van der Waals surface area contributed by atoms with Crippen molar-refractivity contribution in [2.45, 2.75) is 25.2 Å². The smallest absolute Gasteiger partial charge is 0.223 e. The highest BCUT2D eigenvalue weighted by atomic mass is 16.2. The van der Waals surface area contributed by atoms with E-state index >= 15 is 0 Å². The second-order valence-electron chi connectivity index (χ2n) is 6.22. The fourth-order valence-corrected chi connectivity index (χ4v) is 3.56. The second kappa shape index (κ2) is 4.77. The Labute approximate surface area is 120 Å². The molecular weight excluding hydrogens is 250 g/mol. The Bertz CT molecular complexity index is 533. The molecule has 0 aromatic heterocycles. The number of nitrogens with one attached hydrogen (secondary N) is 1. The van der Waals surface area contributed by atoms with Crippen molar-refractivity contribution in [2.24, 2.45) is 0 Å². The van der Waals surface area contributed by atoms with E-state index in [0.717, 1.165) is 31.7 Å². The van der Waals surface area contributed by atoms with Crippen molar-refractivity contribution in [3.63, 3.8) is 0 Å². The van der Waals surface area contributed by atoms with Crippen LogP contribution in [0.3, 0.4) is 0 Å². The molecule has 1 atom stereocenters. The van der Waals surface area contributed by atoms with Gasteiger partial charge in [0.05, 0.1) is 0 Å². The van der Waals surface area contributed by atoms with Crippen LogP contribution in [0.2, 0.25) is 0 Å². The Morgan fingerprint density at radius 2 is 2.15 bits per heavy atom. The minimum atomic E-state index is 0.143. The summed E-state index contributed by atoms with van der Waals surface area (Å²) in [5, 5.41) is 3.50. The minimum Gasteiger partial charge on any atom is -0.378 e. The van der Waals surface area contributed by atoms with Crippen LogP contribution in [0, 0.1) is 0 Å². The van der Waals surface area contributed by atoms with Gasteiger partial charge in [-0.3, -0.25) is 4.79 Å². The predicted octanol–water partition coefficient (Wildman–Crippen LogP) is 1.74. The Hall–Kier alpha value is -1.55. The lowest BCUT2D eigenvalue weighted by atomic mass is 9.73. The van der Waals surface area contributed by atoms with Crippen molar-refractivity contribution in [3.8, 4) is 0 Å². The summed E-state index contributed by atoms with van der Waals surface area (Å²) in [6.07, 6.45) is 2.23. The van der Waals surface area contributed by atoms with Crippen LogP contribution in [0.4, 0.5) is 11.4 Å². The van der Waals surface area contributed by atoms with Gasteiger partial charge in [-0.05, 0) is 43.1 Å². The summed E-state index contributed by atoms with van der Waals surface area (Å²) >= 11 is 0. The van der Waals surface area contributed by atoms with E-state index in [4.69, 9.17) is 0 Å². The van der Waals surface area contributed by atoms with Crippen LogP contribution in [0.25, 0.3) is 0 Å². The van der Waals surface area contributed by atoms with Gasteiger partial charge in [0.25, 0.3) is 0 Å². The third-order valence-electron chi connectivity index (χ3n) is 4.80. The van der Waals surface area contributed by atoms with E-state index in [-0.39, 0.29) is 11.3 Å². The minimum absolute atomic E-state index is 0.143. The van der Waals surface area contributed by atoms with Gasteiger partial charge >= 0.3 is 0 Å². The molecular formula is C16H23N3O. The van der Waals surface area contributed by atoms with E-state index < -0.39 is 0 Å². The van der Waals surface area contributed by atoms with Crippen LogP contribution in [0.15, 0.2) is 18.2 Å². The Morgan fingerprint density at radius 1 is 1.35 bits per heavy atom. The maximum Gasteiger partial charge on any atom is 0.223 e. The molecule has 1 unspecified atom stereocenters. The van der Waals surface area contributed by atoms with Crippen LogP contribution < -0.4 is 15.1 Å². The molecule has 1 amide bonds. The lowest BCUT2D eigenvalue weighted by molar-refractivity contribution is -0.116. The number of anilines is 2. The molecule has 1 N–H and O–H groups in total. The molecule has 0 aliphatic carbocycles. The van der Waals surface area contributed by atoms with E-state index in [1.54, 1.807) is 6.92 Å². The summed E-state index contributed by atoms with van der Waals surface area (Å²) < 4.78 is 0. The fourth-order valence-electron chi connectivity index (χ4n) is 3.56. The highest BCUT2D eigenvalue weighted by Crippen LogP contribution is 2.45. The molecule has 1 fully saturated rings. The van der Waals surface area contributed by atoms with Gasteiger partial charge in [0.15, 0.2) is 0 Å². The topological polar surface area (TPSA) is 35.6 Å². The maximum absolute atomic E-state index is 11.9. The van der Waals surface area contributed by atoms with Crippen molar-refractivity contribution in [2.75, 3.05) is 43.5 Å². The standard InChI is InChI=1S/C16H23N3O/c1-12(20)19-9-7-16(6-8-17-11-16)14-10-13(18(2)3)4-5-15(14)19/h4-5,10,17H,6-9,11H2,1-3H3. The highest BCUT2D eigenvalue weighted by molar-refractivity contribution is 5.93. The fraction of sp³-hybridized carbons (Fsp3) is 0.562. The first-order chi connectivity index (χ1) is 9.53. The molecule has 1 aromatic rings. The van der Waals surface area contributed by atoms with E-state index in [0.29, 0.717) is 0 Å². The molecule has 20 heavy (non-hydrogen) atoms. The number of fused-ring (bicyclic) bond motifs is 2.